The molecule has 0 amide bonds. The fourth-order valence-electron chi connectivity index (χ4n) is 0.776. The minimum atomic E-state index is -4.41. The first-order chi connectivity index (χ1) is 5.64. The second-order valence-electron chi connectivity index (χ2n) is 3.23. The first kappa shape index (κ1) is 17.3. The minimum Gasteiger partial charge on any atom is -0.312 e. The summed E-state index contributed by atoms with van der Waals surface area (Å²) in [5.74, 6) is -0.530. The molecule has 1 unspecified atom stereocenters. The zero-order chi connectivity index (χ0) is 10.9. The van der Waals surface area contributed by atoms with Gasteiger partial charge in [0, 0.05) is 51.4 Å². The maximum Gasteiger partial charge on any atom is 0.281 e. The van der Waals surface area contributed by atoms with Gasteiger partial charge in [0.25, 0.3) is 10.1 Å². The van der Waals surface area contributed by atoms with Gasteiger partial charge in [-0.3, -0.25) is 9.35 Å². The quantitative estimate of drug-likeness (QED) is 0.398. The zero-order valence-corrected chi connectivity index (χ0v) is 12.5. The summed E-state index contributed by atoms with van der Waals surface area (Å²) in [5.41, 5.74) is 3.83. The Bertz CT molecular complexity index is 323. The van der Waals surface area contributed by atoms with Gasteiger partial charge in [-0.25, -0.2) is 0 Å². The monoisotopic (exact) mass is 246 g/mol. The fourth-order valence-corrected chi connectivity index (χ4v) is 1.64. The van der Waals surface area contributed by atoms with Gasteiger partial charge in [-0.2, -0.15) is 8.42 Å². The summed E-state index contributed by atoms with van der Waals surface area (Å²) in [6.07, 6.45) is 0.977. The van der Waals surface area contributed by atoms with E-state index < -0.39 is 26.7 Å². The molecule has 7 heteroatoms. The topological polar surface area (TPSA) is 97.5 Å². The zero-order valence-electron chi connectivity index (χ0n) is 8.52. The number of carbonyl (C=O) groups is 1. The van der Waals surface area contributed by atoms with Gasteiger partial charge in [-0.15, -0.1) is 0 Å². The van der Waals surface area contributed by atoms with Crippen molar-refractivity contribution < 1.29 is 17.8 Å². The summed E-state index contributed by atoms with van der Waals surface area (Å²) < 4.78 is 29.9. The predicted molar refractivity (Wildman–Crippen MR) is 54.3 cm³/mol. The average molecular weight is 246 g/mol. The summed E-state index contributed by atoms with van der Waals surface area (Å²) in [5, 5.41) is -1.63. The summed E-state index contributed by atoms with van der Waals surface area (Å²) >= 11 is 0. The van der Waals surface area contributed by atoms with E-state index in [0.29, 0.717) is 0 Å². The Hall–Kier alpha value is 0.916. The molecule has 0 spiro atoms. The summed E-state index contributed by atoms with van der Waals surface area (Å²) in [7, 11) is -4.41. The predicted octanol–water partition coefficient (Wildman–Crippen LogP) is -0.440. The van der Waals surface area contributed by atoms with Crippen LogP contribution < -0.4 is 5.73 Å². The smallest absolute Gasteiger partial charge is 0.281 e. The molecule has 0 aliphatic rings. The summed E-state index contributed by atoms with van der Waals surface area (Å²) in [4.78, 5) is 11.1. The van der Waals surface area contributed by atoms with Crippen LogP contribution in [0.15, 0.2) is 12.7 Å². The van der Waals surface area contributed by atoms with E-state index in [0.717, 1.165) is 6.08 Å². The van der Waals surface area contributed by atoms with Crippen LogP contribution in [-0.2, 0) is 14.9 Å². The van der Waals surface area contributed by atoms with E-state index in [1.54, 1.807) is 0 Å². The number of rotatable bonds is 4. The van der Waals surface area contributed by atoms with Gasteiger partial charge in [0.2, 0.25) is 0 Å². The molecule has 0 bridgehead atoms. The normalized spacial score (nSPS) is 14.0. The molecule has 1 atom stereocenters. The van der Waals surface area contributed by atoms with Crippen LogP contribution in [0.5, 0.6) is 0 Å². The Balaban J connectivity index is 0. The van der Waals surface area contributed by atoms with E-state index in [1.165, 1.54) is 13.8 Å². The van der Waals surface area contributed by atoms with Crippen molar-refractivity contribution in [2.45, 2.75) is 19.2 Å². The number of ketones is 1. The van der Waals surface area contributed by atoms with Gasteiger partial charge >= 0.3 is 0 Å². The first-order valence-electron chi connectivity index (χ1n) is 3.52. The van der Waals surface area contributed by atoms with Crippen LogP contribution in [0.3, 0.4) is 0 Å². The van der Waals surface area contributed by atoms with Crippen LogP contribution in [0, 0.1) is 5.41 Å². The third kappa shape index (κ3) is 4.19. The van der Waals surface area contributed by atoms with Crippen molar-refractivity contribution in [3.8, 4) is 0 Å². The molecule has 0 rings (SSSR count). The van der Waals surface area contributed by atoms with E-state index in [-0.39, 0.29) is 51.4 Å². The van der Waals surface area contributed by atoms with Gasteiger partial charge in [-0.1, -0.05) is 6.58 Å². The first-order valence-corrected chi connectivity index (χ1v) is 5.03. The number of allylic oxidation sites excluding steroid dienone is 1. The van der Waals surface area contributed by atoms with Crippen LogP contribution in [0.1, 0.15) is 13.8 Å². The van der Waals surface area contributed by atoms with Crippen molar-refractivity contribution >= 4 is 67.3 Å². The Morgan fingerprint density at radius 1 is 1.57 bits per heavy atom. The average Bonchev–Trinajstić information content (AvgIpc) is 1.99. The van der Waals surface area contributed by atoms with Crippen LogP contribution in [0.4, 0.5) is 0 Å². The summed E-state index contributed by atoms with van der Waals surface area (Å²) in [6.45, 7) is 5.87. The third-order valence-corrected chi connectivity index (χ3v) is 3.08. The number of hydrogen-bond acceptors (Lipinski definition) is 4. The molecule has 0 heterocycles. The van der Waals surface area contributed by atoms with Crippen molar-refractivity contribution in [1.29, 1.82) is 0 Å². The molecular formula is C7H13KNO4S. The third-order valence-electron chi connectivity index (χ3n) is 1.85. The minimum absolute atomic E-state index is 0. The molecule has 1 radical (unpaired) electrons. The molecule has 0 aliphatic heterocycles. The molecular weight excluding hydrogens is 233 g/mol. The van der Waals surface area contributed by atoms with Crippen molar-refractivity contribution in [3.63, 3.8) is 0 Å². The standard InChI is InChI=1S/C7H13NO4S.K/c1-4-5(9)7(2,3)6(8)13(10,11)12;/h4,6H,1,8H2,2-3H3,(H,10,11,12);. The van der Waals surface area contributed by atoms with Crippen molar-refractivity contribution in [2.75, 3.05) is 0 Å². The molecule has 0 saturated heterocycles. The molecule has 0 fully saturated rings. The number of hydrogen-bond donors (Lipinski definition) is 2. The van der Waals surface area contributed by atoms with Crippen LogP contribution >= 0.6 is 0 Å². The van der Waals surface area contributed by atoms with Crippen LogP contribution in [-0.4, -0.2) is 75.5 Å². The molecule has 0 aliphatic carbocycles. The molecule has 0 aromatic rings. The Morgan fingerprint density at radius 3 is 2.14 bits per heavy atom. The van der Waals surface area contributed by atoms with E-state index in [4.69, 9.17) is 10.3 Å². The van der Waals surface area contributed by atoms with Crippen molar-refractivity contribution in [3.05, 3.63) is 12.7 Å². The Labute approximate surface area is 126 Å². The Kier molecular flexibility index (Phi) is 7.24. The van der Waals surface area contributed by atoms with Gasteiger partial charge < -0.3 is 5.73 Å². The van der Waals surface area contributed by atoms with Crippen LogP contribution in [0.2, 0.25) is 0 Å². The summed E-state index contributed by atoms with van der Waals surface area (Å²) in [6, 6.07) is 0. The second kappa shape index (κ2) is 5.85. The molecule has 0 aromatic carbocycles. The molecule has 5 nitrogen and oxygen atoms in total. The molecule has 77 valence electrons. The van der Waals surface area contributed by atoms with Gasteiger partial charge in [0.05, 0.1) is 5.41 Å². The molecule has 3 N–H and O–H groups in total. The van der Waals surface area contributed by atoms with Gasteiger partial charge in [-0.05, 0) is 19.9 Å². The van der Waals surface area contributed by atoms with Crippen molar-refractivity contribution in [2.24, 2.45) is 11.1 Å². The Morgan fingerprint density at radius 2 is 1.93 bits per heavy atom. The van der Waals surface area contributed by atoms with E-state index in [2.05, 4.69) is 6.58 Å². The molecule has 14 heavy (non-hydrogen) atoms. The van der Waals surface area contributed by atoms with E-state index >= 15 is 0 Å². The molecule has 0 aromatic heterocycles. The maximum atomic E-state index is 11.1. The van der Waals surface area contributed by atoms with E-state index in [9.17, 15) is 13.2 Å². The maximum absolute atomic E-state index is 11.1. The van der Waals surface area contributed by atoms with E-state index in [1.807, 2.05) is 0 Å². The number of carbonyl (C=O) groups excluding carboxylic acids is 1. The SMILES string of the molecule is C=CC(=O)C(C)(C)C(N)S(=O)(=O)O.[K]. The fraction of sp³-hybridized carbons (Fsp3) is 0.571. The van der Waals surface area contributed by atoms with Crippen molar-refractivity contribution in [1.82, 2.24) is 0 Å². The number of nitrogens with two attached hydrogens (primary N) is 1. The van der Waals surface area contributed by atoms with Gasteiger partial charge in [0.15, 0.2) is 5.78 Å². The molecule has 0 saturated carbocycles. The van der Waals surface area contributed by atoms with Crippen LogP contribution in [0.25, 0.3) is 0 Å². The second-order valence-corrected chi connectivity index (χ2v) is 4.76. The van der Waals surface area contributed by atoms with Gasteiger partial charge in [0.1, 0.15) is 5.37 Å². The largest absolute Gasteiger partial charge is 0.312 e.